The Kier molecular flexibility index (Phi) is 5.29. The van der Waals surface area contributed by atoms with Crippen molar-refractivity contribution in [3.63, 3.8) is 0 Å². The first-order valence-corrected chi connectivity index (χ1v) is 9.49. The number of primary amides is 2. The average molecular weight is 369 g/mol. The molecule has 0 saturated carbocycles. The van der Waals surface area contributed by atoms with Gasteiger partial charge >= 0.3 is 0 Å². The van der Waals surface area contributed by atoms with E-state index in [-0.39, 0.29) is 22.6 Å². The predicted molar refractivity (Wildman–Crippen MR) is 98.2 cm³/mol. The van der Waals surface area contributed by atoms with Gasteiger partial charge in [0.05, 0.1) is 0 Å². The summed E-state index contributed by atoms with van der Waals surface area (Å²) < 4.78 is 0. The topological polar surface area (TPSA) is 112 Å². The maximum absolute atomic E-state index is 11.0. The van der Waals surface area contributed by atoms with Gasteiger partial charge in [0.15, 0.2) is 9.66 Å². The third-order valence-electron chi connectivity index (χ3n) is 4.13. The van der Waals surface area contributed by atoms with Crippen LogP contribution in [0.3, 0.4) is 0 Å². The molecule has 8 heteroatoms. The van der Waals surface area contributed by atoms with Crippen molar-refractivity contribution < 1.29 is 9.59 Å². The lowest BCUT2D eigenvalue weighted by Crippen LogP contribution is -2.21. The Balaban J connectivity index is 2.21. The van der Waals surface area contributed by atoms with Crippen molar-refractivity contribution in [2.24, 2.45) is 11.5 Å². The first-order chi connectivity index (χ1) is 11.0. The number of thiazole rings is 2. The van der Waals surface area contributed by atoms with Crippen LogP contribution >= 0.6 is 22.7 Å². The Labute approximate surface area is 149 Å². The third kappa shape index (κ3) is 4.30. The van der Waals surface area contributed by atoms with Crippen LogP contribution in [0.15, 0.2) is 0 Å². The van der Waals surface area contributed by atoms with Crippen LogP contribution in [0, 0.1) is 0 Å². The van der Waals surface area contributed by atoms with E-state index in [2.05, 4.69) is 27.7 Å². The lowest BCUT2D eigenvalue weighted by Gasteiger charge is -2.21. The standard InChI is InChI=1S/C16H24N4O2S2/c1-15(2,7-5-9(17)21)13-19-11-12(23-13)20-14(24-11)16(3,4)8-6-10(18)22/h5-8H2,1-4H3,(H2,17,21)(H2,18,22). The fourth-order valence-corrected chi connectivity index (χ4v) is 4.61. The van der Waals surface area contributed by atoms with Crippen molar-refractivity contribution in [2.45, 2.75) is 64.2 Å². The Hall–Kier alpha value is -1.54. The summed E-state index contributed by atoms with van der Waals surface area (Å²) in [6.45, 7) is 8.26. The number of amides is 2. The maximum atomic E-state index is 11.0. The van der Waals surface area contributed by atoms with Gasteiger partial charge < -0.3 is 11.5 Å². The van der Waals surface area contributed by atoms with Crippen molar-refractivity contribution in [3.05, 3.63) is 10.0 Å². The number of hydrogen-bond donors (Lipinski definition) is 2. The van der Waals surface area contributed by atoms with E-state index in [0.29, 0.717) is 25.7 Å². The molecule has 0 unspecified atom stereocenters. The van der Waals surface area contributed by atoms with Gasteiger partial charge in [0.1, 0.15) is 10.0 Å². The number of hydrogen-bond acceptors (Lipinski definition) is 6. The highest BCUT2D eigenvalue weighted by molar-refractivity contribution is 7.26. The van der Waals surface area contributed by atoms with Crippen LogP contribution in [-0.2, 0) is 20.4 Å². The SMILES string of the molecule is CC(C)(CCC(N)=O)c1nc2sc(C(C)(C)CCC(N)=O)nc2s1. The zero-order chi connectivity index (χ0) is 18.1. The summed E-state index contributed by atoms with van der Waals surface area (Å²) in [5.74, 6) is -0.587. The van der Waals surface area contributed by atoms with E-state index in [1.165, 1.54) is 0 Å². The number of carbonyl (C=O) groups is 2. The molecule has 24 heavy (non-hydrogen) atoms. The fourth-order valence-electron chi connectivity index (χ4n) is 2.31. The molecule has 132 valence electrons. The summed E-state index contributed by atoms with van der Waals surface area (Å²) in [5.41, 5.74) is 10.1. The second kappa shape index (κ2) is 6.76. The monoisotopic (exact) mass is 368 g/mol. The molecule has 2 heterocycles. The van der Waals surface area contributed by atoms with Gasteiger partial charge in [-0.3, -0.25) is 9.59 Å². The largest absolute Gasteiger partial charge is 0.370 e. The van der Waals surface area contributed by atoms with Gasteiger partial charge in [-0.05, 0) is 12.8 Å². The Morgan fingerprint density at radius 1 is 0.833 bits per heavy atom. The number of nitrogens with zero attached hydrogens (tertiary/aromatic N) is 2. The Morgan fingerprint density at radius 3 is 1.46 bits per heavy atom. The number of rotatable bonds is 8. The van der Waals surface area contributed by atoms with Gasteiger partial charge in [-0.2, -0.15) is 0 Å². The van der Waals surface area contributed by atoms with Crippen LogP contribution < -0.4 is 11.5 Å². The smallest absolute Gasteiger partial charge is 0.217 e. The molecular weight excluding hydrogens is 344 g/mol. The molecule has 0 aromatic carbocycles. The van der Waals surface area contributed by atoms with Gasteiger partial charge in [0.2, 0.25) is 11.8 Å². The zero-order valence-corrected chi connectivity index (χ0v) is 16.1. The first kappa shape index (κ1) is 18.8. The Morgan fingerprint density at radius 2 is 1.17 bits per heavy atom. The van der Waals surface area contributed by atoms with E-state index in [1.54, 1.807) is 22.7 Å². The summed E-state index contributed by atoms with van der Waals surface area (Å²) in [5, 5.41) is 1.94. The van der Waals surface area contributed by atoms with Crippen molar-refractivity contribution in [1.82, 2.24) is 9.97 Å². The fraction of sp³-hybridized carbons (Fsp3) is 0.625. The van der Waals surface area contributed by atoms with Gasteiger partial charge in [0.25, 0.3) is 0 Å². The van der Waals surface area contributed by atoms with Crippen LogP contribution in [0.2, 0.25) is 0 Å². The van der Waals surface area contributed by atoms with Crippen LogP contribution in [0.5, 0.6) is 0 Å². The van der Waals surface area contributed by atoms with E-state index in [9.17, 15) is 9.59 Å². The molecule has 4 N–H and O–H groups in total. The quantitative estimate of drug-likeness (QED) is 0.746. The second-order valence-corrected chi connectivity index (χ2v) is 9.30. The molecule has 0 aliphatic rings. The van der Waals surface area contributed by atoms with E-state index < -0.39 is 0 Å². The molecule has 2 aromatic heterocycles. The molecule has 2 amide bonds. The summed E-state index contributed by atoms with van der Waals surface area (Å²) in [4.78, 5) is 33.3. The maximum Gasteiger partial charge on any atom is 0.217 e. The molecule has 6 nitrogen and oxygen atoms in total. The van der Waals surface area contributed by atoms with Gasteiger partial charge in [0, 0.05) is 23.7 Å². The number of fused-ring (bicyclic) bond motifs is 1. The summed E-state index contributed by atoms with van der Waals surface area (Å²) in [6, 6.07) is 0. The zero-order valence-electron chi connectivity index (χ0n) is 14.5. The molecule has 0 saturated heterocycles. The molecule has 2 aromatic rings. The third-order valence-corrected chi connectivity index (χ3v) is 6.89. The number of aromatic nitrogens is 2. The number of carbonyl (C=O) groups excluding carboxylic acids is 2. The molecule has 2 rings (SSSR count). The molecule has 0 aliphatic carbocycles. The van der Waals surface area contributed by atoms with E-state index in [1.807, 2.05) is 0 Å². The van der Waals surface area contributed by atoms with Gasteiger partial charge in [-0.25, -0.2) is 9.97 Å². The van der Waals surface area contributed by atoms with E-state index in [4.69, 9.17) is 21.4 Å². The first-order valence-electron chi connectivity index (χ1n) is 7.86. The van der Waals surface area contributed by atoms with Crippen molar-refractivity contribution in [2.75, 3.05) is 0 Å². The molecule has 0 bridgehead atoms. The predicted octanol–water partition coefficient (Wildman–Crippen LogP) is 2.84. The molecule has 0 atom stereocenters. The minimum absolute atomic E-state index is 0.207. The minimum atomic E-state index is -0.293. The lowest BCUT2D eigenvalue weighted by molar-refractivity contribution is -0.119. The summed E-state index contributed by atoms with van der Waals surface area (Å²) in [7, 11) is 0. The second-order valence-electron chi connectivity index (χ2n) is 7.35. The lowest BCUT2D eigenvalue weighted by atomic mass is 9.88. The molecular formula is C16H24N4O2S2. The molecule has 0 fully saturated rings. The normalized spacial score (nSPS) is 12.7. The van der Waals surface area contributed by atoms with E-state index >= 15 is 0 Å². The number of nitrogens with two attached hydrogens (primary N) is 2. The van der Waals surface area contributed by atoms with E-state index in [0.717, 1.165) is 19.7 Å². The molecule has 0 spiro atoms. The Bertz CT molecular complexity index is 670. The summed E-state index contributed by atoms with van der Waals surface area (Å²) in [6.07, 6.45) is 2.03. The van der Waals surface area contributed by atoms with Gasteiger partial charge in [-0.15, -0.1) is 0 Å². The molecule has 0 radical (unpaired) electrons. The van der Waals surface area contributed by atoms with Crippen LogP contribution in [0.1, 0.15) is 63.4 Å². The highest BCUT2D eigenvalue weighted by Crippen LogP contribution is 2.40. The van der Waals surface area contributed by atoms with Crippen molar-refractivity contribution in [1.29, 1.82) is 0 Å². The summed E-state index contributed by atoms with van der Waals surface area (Å²) >= 11 is 3.12. The van der Waals surface area contributed by atoms with Crippen molar-refractivity contribution >= 4 is 44.1 Å². The molecule has 0 aliphatic heterocycles. The minimum Gasteiger partial charge on any atom is -0.370 e. The van der Waals surface area contributed by atoms with Crippen LogP contribution in [0.25, 0.3) is 9.66 Å². The van der Waals surface area contributed by atoms with Crippen molar-refractivity contribution in [3.8, 4) is 0 Å². The average Bonchev–Trinajstić information content (AvgIpc) is 3.02. The van der Waals surface area contributed by atoms with Crippen LogP contribution in [0.4, 0.5) is 0 Å². The van der Waals surface area contributed by atoms with Gasteiger partial charge in [-0.1, -0.05) is 50.4 Å². The highest BCUT2D eigenvalue weighted by Gasteiger charge is 2.29. The highest BCUT2D eigenvalue weighted by atomic mass is 32.1. The van der Waals surface area contributed by atoms with Crippen LogP contribution in [-0.4, -0.2) is 21.8 Å².